The summed E-state index contributed by atoms with van der Waals surface area (Å²) in [4.78, 5) is 9.90. The molecule has 0 aliphatic heterocycles. The zero-order chi connectivity index (χ0) is 9.72. The molecule has 0 spiro atoms. The summed E-state index contributed by atoms with van der Waals surface area (Å²) in [6.07, 6.45) is -6.84. The molecule has 0 rings (SSSR count). The summed E-state index contributed by atoms with van der Waals surface area (Å²) < 4.78 is 0. The average molecular weight is 204 g/mol. The van der Waals surface area contributed by atoms with Gasteiger partial charge in [0.25, 0.3) is 0 Å². The van der Waals surface area contributed by atoms with Crippen molar-refractivity contribution in [1.29, 1.82) is 0 Å². The number of carbonyl (C=O) groups is 1. The number of aliphatic hydroxyl groups is 5. The summed E-state index contributed by atoms with van der Waals surface area (Å²) in [5.41, 5.74) is 0. The summed E-state index contributed by atoms with van der Waals surface area (Å²) in [7, 11) is 0. The van der Waals surface area contributed by atoms with Crippen molar-refractivity contribution in [2.45, 2.75) is 24.4 Å². The van der Waals surface area contributed by atoms with Crippen LogP contribution in [0.15, 0.2) is 0 Å². The topological polar surface area (TPSA) is 118 Å². The molecule has 0 unspecified atom stereocenters. The third-order valence-corrected chi connectivity index (χ3v) is 1.42. The second-order valence-electron chi connectivity index (χ2n) is 2.36. The van der Waals surface area contributed by atoms with Crippen LogP contribution < -0.4 is 0 Å². The van der Waals surface area contributed by atoms with Crippen molar-refractivity contribution in [1.82, 2.24) is 0 Å². The van der Waals surface area contributed by atoms with Crippen LogP contribution >= 0.6 is 0 Å². The number of hydrogen-bond donors (Lipinski definition) is 5. The van der Waals surface area contributed by atoms with E-state index in [1.54, 1.807) is 0 Å². The third-order valence-electron chi connectivity index (χ3n) is 1.42. The second kappa shape index (κ2) is 7.84. The second-order valence-corrected chi connectivity index (χ2v) is 2.36. The first-order valence-corrected chi connectivity index (χ1v) is 3.33. The van der Waals surface area contributed by atoms with E-state index < -0.39 is 31.0 Å². The Morgan fingerprint density at radius 3 is 1.85 bits per heavy atom. The normalized spacial score (nSPS) is 19.5. The van der Waals surface area contributed by atoms with Crippen molar-refractivity contribution in [2.75, 3.05) is 6.61 Å². The predicted molar refractivity (Wildman–Crippen MR) is 44.3 cm³/mol. The fraction of sp³-hybridized carbons (Fsp3) is 0.833. The van der Waals surface area contributed by atoms with E-state index >= 15 is 0 Å². The van der Waals surface area contributed by atoms with E-state index in [0.29, 0.717) is 0 Å². The van der Waals surface area contributed by atoms with Crippen LogP contribution in [0.3, 0.4) is 0 Å². The number of aldehydes is 1. The first kappa shape index (κ1) is 15.9. The molecule has 0 radical (unpaired) electrons. The summed E-state index contributed by atoms with van der Waals surface area (Å²) in [5.74, 6) is 0. The molecule has 0 aliphatic rings. The van der Waals surface area contributed by atoms with Gasteiger partial charge in [-0.1, -0.05) is 0 Å². The van der Waals surface area contributed by atoms with E-state index in [1.807, 2.05) is 0 Å². The van der Waals surface area contributed by atoms with Crippen LogP contribution in [0.2, 0.25) is 0 Å². The Hall–Kier alpha value is 0.470. The molecule has 7 heteroatoms. The number of carbonyl (C=O) groups excluding carboxylic acids is 1. The Morgan fingerprint density at radius 1 is 1.08 bits per heavy atom. The van der Waals surface area contributed by atoms with Gasteiger partial charge in [-0.05, 0) is 0 Å². The molecular formula is C6H13NaO6. The summed E-state index contributed by atoms with van der Waals surface area (Å²) in [6.45, 7) is -0.760. The van der Waals surface area contributed by atoms with Crippen LogP contribution in [0.25, 0.3) is 0 Å². The van der Waals surface area contributed by atoms with Gasteiger partial charge >= 0.3 is 29.6 Å². The van der Waals surface area contributed by atoms with E-state index in [1.165, 1.54) is 0 Å². The first-order chi connectivity index (χ1) is 5.54. The molecule has 5 N–H and O–H groups in total. The molecule has 0 bridgehead atoms. The van der Waals surface area contributed by atoms with Crippen molar-refractivity contribution in [3.63, 3.8) is 0 Å². The van der Waals surface area contributed by atoms with E-state index in [-0.39, 0.29) is 35.8 Å². The average Bonchev–Trinajstić information content (AvgIpc) is 2.12. The zero-order valence-corrected chi connectivity index (χ0v) is 6.24. The zero-order valence-electron chi connectivity index (χ0n) is 6.24. The maximum absolute atomic E-state index is 9.90. The van der Waals surface area contributed by atoms with Gasteiger partial charge in [0, 0.05) is 0 Å². The predicted octanol–water partition coefficient (Wildman–Crippen LogP) is -4.03. The molecule has 0 aliphatic carbocycles. The van der Waals surface area contributed by atoms with Crippen LogP contribution in [0, 0.1) is 0 Å². The first-order valence-electron chi connectivity index (χ1n) is 3.33. The van der Waals surface area contributed by atoms with Crippen LogP contribution in [-0.2, 0) is 4.79 Å². The molecule has 0 aromatic carbocycles. The van der Waals surface area contributed by atoms with Gasteiger partial charge in [0.1, 0.15) is 24.4 Å². The SMILES string of the molecule is O=C[C@H](O)[C@@H](O)[C@@H](O)[C@H](O)CO.[NaH]. The minimum atomic E-state index is -1.79. The summed E-state index contributed by atoms with van der Waals surface area (Å²) >= 11 is 0. The van der Waals surface area contributed by atoms with Crippen molar-refractivity contribution in [3.8, 4) is 0 Å². The Bertz CT molecular complexity index is 143. The van der Waals surface area contributed by atoms with Gasteiger partial charge in [-0.15, -0.1) is 0 Å². The molecule has 13 heavy (non-hydrogen) atoms. The Morgan fingerprint density at radius 2 is 1.54 bits per heavy atom. The summed E-state index contributed by atoms with van der Waals surface area (Å²) in [6, 6.07) is 0. The standard InChI is InChI=1S/C6H12O6.Na.H/c7-1-3(9)5(11)6(12)4(10)2-8;;/h1,3-6,8-12H,2H2;;/t3-,4+,5+,6-;;/m0../s1. The fourth-order valence-electron chi connectivity index (χ4n) is 0.618. The van der Waals surface area contributed by atoms with Crippen molar-refractivity contribution < 1.29 is 30.3 Å². The van der Waals surface area contributed by atoms with Gasteiger partial charge < -0.3 is 30.3 Å². The minimum absolute atomic E-state index is 0. The number of hydrogen-bond acceptors (Lipinski definition) is 6. The van der Waals surface area contributed by atoms with E-state index in [4.69, 9.17) is 25.5 Å². The molecule has 0 aromatic heterocycles. The Balaban J connectivity index is 0. The molecule has 0 fully saturated rings. The van der Waals surface area contributed by atoms with E-state index in [2.05, 4.69) is 0 Å². The summed E-state index contributed by atoms with van der Waals surface area (Å²) in [5, 5.41) is 43.5. The van der Waals surface area contributed by atoms with Gasteiger partial charge in [-0.25, -0.2) is 0 Å². The van der Waals surface area contributed by atoms with Crippen molar-refractivity contribution >= 4 is 35.8 Å². The molecule has 0 amide bonds. The van der Waals surface area contributed by atoms with Gasteiger partial charge in [-0.2, -0.15) is 0 Å². The van der Waals surface area contributed by atoms with Crippen LogP contribution in [-0.4, -0.2) is 92.4 Å². The molecule has 74 valence electrons. The molecule has 0 aromatic rings. The monoisotopic (exact) mass is 204 g/mol. The van der Waals surface area contributed by atoms with Crippen LogP contribution in [0.5, 0.6) is 0 Å². The maximum atomic E-state index is 9.90. The van der Waals surface area contributed by atoms with Gasteiger partial charge in [-0.3, -0.25) is 0 Å². The number of aliphatic hydroxyl groups excluding tert-OH is 5. The Kier molecular flexibility index (Phi) is 9.60. The van der Waals surface area contributed by atoms with Gasteiger partial charge in [0.15, 0.2) is 6.29 Å². The molecule has 0 saturated heterocycles. The van der Waals surface area contributed by atoms with Gasteiger partial charge in [0.2, 0.25) is 0 Å². The van der Waals surface area contributed by atoms with Crippen LogP contribution in [0.4, 0.5) is 0 Å². The quantitative estimate of drug-likeness (QED) is 0.230. The molecule has 4 atom stereocenters. The Labute approximate surface area is 97.1 Å². The van der Waals surface area contributed by atoms with E-state index in [9.17, 15) is 4.79 Å². The van der Waals surface area contributed by atoms with Crippen molar-refractivity contribution in [2.24, 2.45) is 0 Å². The van der Waals surface area contributed by atoms with Gasteiger partial charge in [0.05, 0.1) is 6.61 Å². The molecular weight excluding hydrogens is 191 g/mol. The fourth-order valence-corrected chi connectivity index (χ4v) is 0.618. The molecule has 0 heterocycles. The van der Waals surface area contributed by atoms with Crippen molar-refractivity contribution in [3.05, 3.63) is 0 Å². The third kappa shape index (κ3) is 5.04. The molecule has 6 nitrogen and oxygen atoms in total. The van der Waals surface area contributed by atoms with E-state index in [0.717, 1.165) is 0 Å². The molecule has 0 saturated carbocycles. The number of rotatable bonds is 5. The van der Waals surface area contributed by atoms with Crippen LogP contribution in [0.1, 0.15) is 0 Å².